The second-order valence-electron chi connectivity index (χ2n) is 10.9. The van der Waals surface area contributed by atoms with Crippen molar-refractivity contribution in [2.24, 2.45) is 0 Å². The highest BCUT2D eigenvalue weighted by Crippen LogP contribution is 2.30. The van der Waals surface area contributed by atoms with E-state index in [1.165, 1.54) is 0 Å². The quantitative estimate of drug-likeness (QED) is 0.0311. The molecular weight excluding hydrogens is 885 g/mol. The molecule has 0 saturated heterocycles. The lowest BCUT2D eigenvalue weighted by molar-refractivity contribution is -0.891. The maximum Gasteiger partial charge on any atom is 0.222 e. The molecule has 0 atom stereocenters. The Morgan fingerprint density at radius 2 is 0.571 bits per heavy atom. The van der Waals surface area contributed by atoms with Crippen LogP contribution in [0.5, 0.6) is 0 Å². The van der Waals surface area contributed by atoms with Gasteiger partial charge in [0.1, 0.15) is 52.7 Å². The fourth-order valence-electron chi connectivity index (χ4n) is 5.57. The molecule has 0 radical (unpaired) electrons. The van der Waals surface area contributed by atoms with Crippen molar-refractivity contribution in [3.63, 3.8) is 0 Å². The standard InChI is InChI=1S/C24BF20.C8H11BrNO/c26-5-1(6(27)14(35)21(42)13(5)34)25(2-7(28)15(36)22(43)16(37)8(2)29,3-9(30)17(38)23(44)18(39)10(3)31)4-11(32)19(40)24(45)20(41)12(4)33;9-5-4-8-11-10-6-2-1-3-7-10/h;1-3,6-7H,4-5,8H2/q-1;+1. The van der Waals surface area contributed by atoms with Crippen LogP contribution in [0.3, 0.4) is 0 Å². The summed E-state index contributed by atoms with van der Waals surface area (Å²) in [5.41, 5.74) is -14.3. The summed E-state index contributed by atoms with van der Waals surface area (Å²) in [6.07, 6.45) is -2.42. The van der Waals surface area contributed by atoms with E-state index in [1.54, 1.807) is 4.73 Å². The van der Waals surface area contributed by atoms with Crippen molar-refractivity contribution in [1.29, 1.82) is 0 Å². The predicted octanol–water partition coefficient (Wildman–Crippen LogP) is 7.03. The molecule has 24 heteroatoms. The Hall–Kier alpha value is -5.03. The summed E-state index contributed by atoms with van der Waals surface area (Å²) in [6, 6.07) is 5.84. The first-order chi connectivity index (χ1) is 26.1. The van der Waals surface area contributed by atoms with Gasteiger partial charge in [-0.3, -0.25) is 4.84 Å². The monoisotopic (exact) mass is 895 g/mol. The third kappa shape index (κ3) is 6.88. The average Bonchev–Trinajstić information content (AvgIpc) is 3.18. The number of benzene rings is 4. The van der Waals surface area contributed by atoms with Crippen molar-refractivity contribution < 1.29 is 97.4 Å². The van der Waals surface area contributed by atoms with Crippen LogP contribution in [0.2, 0.25) is 0 Å². The number of halogens is 21. The van der Waals surface area contributed by atoms with Gasteiger partial charge in [-0.1, -0.05) is 22.0 Å². The van der Waals surface area contributed by atoms with Crippen LogP contribution < -0.4 is 31.4 Å². The van der Waals surface area contributed by atoms with Crippen molar-refractivity contribution in [3.8, 4) is 0 Å². The van der Waals surface area contributed by atoms with Crippen LogP contribution in [0.4, 0.5) is 87.8 Å². The third-order valence-electron chi connectivity index (χ3n) is 7.91. The zero-order valence-electron chi connectivity index (χ0n) is 26.4. The molecule has 0 spiro atoms. The molecule has 0 saturated carbocycles. The van der Waals surface area contributed by atoms with E-state index in [1.807, 2.05) is 30.6 Å². The molecule has 0 aliphatic heterocycles. The van der Waals surface area contributed by atoms with E-state index in [2.05, 4.69) is 15.9 Å². The van der Waals surface area contributed by atoms with Crippen molar-refractivity contribution in [3.05, 3.63) is 147 Å². The lowest BCUT2D eigenvalue weighted by Crippen LogP contribution is -2.81. The third-order valence-corrected chi connectivity index (χ3v) is 8.47. The van der Waals surface area contributed by atoms with Gasteiger partial charge in [0.15, 0.2) is 76.4 Å². The molecule has 0 aliphatic carbocycles. The number of nitrogens with zero attached hydrogens (tertiary/aromatic N) is 1. The van der Waals surface area contributed by atoms with Crippen LogP contribution in [-0.2, 0) is 0 Å². The molecule has 1 heterocycles. The van der Waals surface area contributed by atoms with Gasteiger partial charge in [-0.25, -0.2) is 87.8 Å². The van der Waals surface area contributed by atoms with E-state index in [-0.39, 0.29) is 0 Å². The van der Waals surface area contributed by atoms with Crippen molar-refractivity contribution in [1.82, 2.24) is 0 Å². The minimum Gasteiger partial charge on any atom is -0.271 e. The maximum absolute atomic E-state index is 15.4. The summed E-state index contributed by atoms with van der Waals surface area (Å²) >= 11 is 3.33. The average molecular weight is 896 g/mol. The minimum atomic E-state index is -7.22. The summed E-state index contributed by atoms with van der Waals surface area (Å²) in [4.78, 5) is 5.33. The van der Waals surface area contributed by atoms with Gasteiger partial charge >= 0.3 is 0 Å². The molecule has 56 heavy (non-hydrogen) atoms. The van der Waals surface area contributed by atoms with Gasteiger partial charge in [-0.05, 0) is 6.42 Å². The van der Waals surface area contributed by atoms with E-state index >= 15 is 35.1 Å². The lowest BCUT2D eigenvalue weighted by atomic mass is 9.12. The van der Waals surface area contributed by atoms with Crippen LogP contribution in [0, 0.1) is 116 Å². The highest BCUT2D eigenvalue weighted by atomic mass is 79.9. The first-order valence-electron chi connectivity index (χ1n) is 14.5. The summed E-state index contributed by atoms with van der Waals surface area (Å²) < 4.78 is 296. The molecule has 1 aromatic heterocycles. The molecule has 0 N–H and O–H groups in total. The Balaban J connectivity index is 0.000000544. The molecule has 0 bridgehead atoms. The molecular formula is C32H11BBrF20NO. The molecule has 0 fully saturated rings. The van der Waals surface area contributed by atoms with E-state index in [0.717, 1.165) is 18.4 Å². The second kappa shape index (κ2) is 16.6. The van der Waals surface area contributed by atoms with Gasteiger partial charge < -0.3 is 0 Å². The molecule has 4 aromatic carbocycles. The molecule has 0 unspecified atom stereocenters. The SMILES string of the molecule is BrCCCO[n+]1ccccc1.Fc1c(F)c(F)c([B-](c2c(F)c(F)c(F)c(F)c2F)(c2c(F)c(F)c(F)c(F)c2F)c2c(F)c(F)c(F)c(F)c2F)c(F)c1F. The minimum absolute atomic E-state index is 0.750. The van der Waals surface area contributed by atoms with Crippen LogP contribution in [0.15, 0.2) is 30.6 Å². The Morgan fingerprint density at radius 1 is 0.357 bits per heavy atom. The van der Waals surface area contributed by atoms with E-state index in [4.69, 9.17) is 4.84 Å². The highest BCUT2D eigenvalue weighted by molar-refractivity contribution is 9.09. The Morgan fingerprint density at radius 3 is 0.786 bits per heavy atom. The molecule has 300 valence electrons. The molecule has 0 aliphatic rings. The molecule has 2 nitrogen and oxygen atoms in total. The molecule has 5 aromatic rings. The number of hydrogen-bond acceptors (Lipinski definition) is 1. The molecule has 5 rings (SSSR count). The summed E-state index contributed by atoms with van der Waals surface area (Å²) in [7, 11) is 0. The topological polar surface area (TPSA) is 13.1 Å². The normalized spacial score (nSPS) is 11.5. The van der Waals surface area contributed by atoms with E-state index in [9.17, 15) is 52.7 Å². The highest BCUT2D eigenvalue weighted by Gasteiger charge is 2.52. The lowest BCUT2D eigenvalue weighted by Gasteiger charge is -2.44. The Labute approximate surface area is 306 Å². The van der Waals surface area contributed by atoms with Crippen LogP contribution in [0.1, 0.15) is 6.42 Å². The zero-order valence-corrected chi connectivity index (χ0v) is 28.0. The van der Waals surface area contributed by atoms with Gasteiger partial charge in [0, 0.05) is 22.2 Å². The largest absolute Gasteiger partial charge is 0.271 e. The van der Waals surface area contributed by atoms with Gasteiger partial charge in [0.25, 0.3) is 0 Å². The predicted molar refractivity (Wildman–Crippen MR) is 156 cm³/mol. The fourth-order valence-corrected chi connectivity index (χ4v) is 5.80. The summed E-state index contributed by atoms with van der Waals surface area (Å²) in [6.45, 7) is 0.750. The maximum atomic E-state index is 15.4. The smallest absolute Gasteiger partial charge is 0.222 e. The summed E-state index contributed by atoms with van der Waals surface area (Å²) in [5, 5.41) is 0.987. The molecule has 0 amide bonds. The van der Waals surface area contributed by atoms with Crippen LogP contribution >= 0.6 is 15.9 Å². The number of hydrogen-bond donors (Lipinski definition) is 0. The Bertz CT molecular complexity index is 1960. The Kier molecular flexibility index (Phi) is 13.0. The van der Waals surface area contributed by atoms with Gasteiger partial charge in [-0.15, -0.1) is 21.9 Å². The van der Waals surface area contributed by atoms with Gasteiger partial charge in [-0.2, -0.15) is 0 Å². The van der Waals surface area contributed by atoms with Crippen molar-refractivity contribution >= 4 is 43.9 Å². The van der Waals surface area contributed by atoms with E-state index < -0.39 is 144 Å². The number of rotatable bonds is 8. The van der Waals surface area contributed by atoms with Crippen LogP contribution in [-0.4, -0.2) is 18.1 Å². The van der Waals surface area contributed by atoms with Crippen LogP contribution in [0.25, 0.3) is 0 Å². The van der Waals surface area contributed by atoms with Gasteiger partial charge in [0.2, 0.25) is 12.4 Å². The number of aromatic nitrogens is 1. The van der Waals surface area contributed by atoms with Crippen molar-refractivity contribution in [2.45, 2.75) is 6.42 Å². The van der Waals surface area contributed by atoms with Gasteiger partial charge in [0.05, 0.1) is 0 Å². The second-order valence-corrected chi connectivity index (χ2v) is 11.7. The zero-order chi connectivity index (χ0) is 42.3. The fraction of sp³-hybridized carbons (Fsp3) is 0.0938. The first kappa shape index (κ1) is 43.7. The number of alkyl halides is 1. The summed E-state index contributed by atoms with van der Waals surface area (Å²) in [5.74, 6) is -71.4. The number of pyridine rings is 1. The van der Waals surface area contributed by atoms with Crippen molar-refractivity contribution in [2.75, 3.05) is 11.9 Å². The van der Waals surface area contributed by atoms with E-state index in [0.29, 0.717) is 0 Å². The first-order valence-corrected chi connectivity index (χ1v) is 15.6.